The Hall–Kier alpha value is -2.19. The number of aliphatic hydroxyl groups excluding tert-OH is 1. The van der Waals surface area contributed by atoms with Crippen molar-refractivity contribution in [3.8, 4) is 0 Å². The molecule has 9 heteroatoms. The summed E-state index contributed by atoms with van der Waals surface area (Å²) >= 11 is 12.5. The Bertz CT molecular complexity index is 1240. The number of benzene rings is 2. The SMILES string of the molecule is CC(C)(C)[C@@H]1N[C@@H](C(=O)NC2CCC(O)CC2)[C@H](c2cccc(Cl)c2F)[C@]12C(=O)Nc1cc(Cl)ccc12. The topological polar surface area (TPSA) is 90.5 Å². The molecule has 37 heavy (non-hydrogen) atoms. The number of carbonyl (C=O) groups excluding carboxylic acids is 2. The molecule has 2 fully saturated rings. The molecule has 1 spiro atoms. The maximum absolute atomic E-state index is 15.7. The third kappa shape index (κ3) is 4.34. The average Bonchev–Trinajstić information content (AvgIpc) is 3.33. The highest BCUT2D eigenvalue weighted by atomic mass is 35.5. The molecule has 1 saturated carbocycles. The summed E-state index contributed by atoms with van der Waals surface area (Å²) in [5, 5.41) is 19.9. The van der Waals surface area contributed by atoms with E-state index in [0.29, 0.717) is 42.0 Å². The zero-order chi connectivity index (χ0) is 26.7. The van der Waals surface area contributed by atoms with Crippen LogP contribution in [0.1, 0.15) is 63.5 Å². The van der Waals surface area contributed by atoms with Gasteiger partial charge in [-0.3, -0.25) is 9.59 Å². The highest BCUT2D eigenvalue weighted by Gasteiger charge is 2.68. The van der Waals surface area contributed by atoms with Gasteiger partial charge in [-0.1, -0.05) is 62.2 Å². The van der Waals surface area contributed by atoms with Crippen LogP contribution in [0.25, 0.3) is 0 Å². The Morgan fingerprint density at radius 3 is 2.51 bits per heavy atom. The van der Waals surface area contributed by atoms with Gasteiger partial charge in [0.1, 0.15) is 11.2 Å². The first-order chi connectivity index (χ1) is 17.4. The van der Waals surface area contributed by atoms with E-state index >= 15 is 4.39 Å². The van der Waals surface area contributed by atoms with Crippen LogP contribution in [0.4, 0.5) is 10.1 Å². The van der Waals surface area contributed by atoms with Gasteiger partial charge in [-0.05, 0) is 60.4 Å². The van der Waals surface area contributed by atoms with Crippen molar-refractivity contribution in [1.29, 1.82) is 0 Å². The smallest absolute Gasteiger partial charge is 0.238 e. The molecule has 2 aliphatic heterocycles. The maximum Gasteiger partial charge on any atom is 0.238 e. The number of rotatable bonds is 3. The minimum Gasteiger partial charge on any atom is -0.393 e. The lowest BCUT2D eigenvalue weighted by molar-refractivity contribution is -0.124. The molecule has 3 aliphatic rings. The lowest BCUT2D eigenvalue weighted by Gasteiger charge is -2.41. The first kappa shape index (κ1) is 26.4. The minimum absolute atomic E-state index is 0.0676. The molecule has 1 saturated heterocycles. The first-order valence-corrected chi connectivity index (χ1v) is 13.5. The second-order valence-corrected chi connectivity index (χ2v) is 12.4. The average molecular weight is 548 g/mol. The van der Waals surface area contributed by atoms with E-state index in [9.17, 15) is 14.7 Å². The number of anilines is 1. The van der Waals surface area contributed by atoms with Crippen LogP contribution in [0.15, 0.2) is 36.4 Å². The molecule has 4 N–H and O–H groups in total. The van der Waals surface area contributed by atoms with Gasteiger partial charge in [0, 0.05) is 28.7 Å². The molecule has 0 aromatic heterocycles. The Morgan fingerprint density at radius 1 is 1.14 bits per heavy atom. The molecule has 0 radical (unpaired) electrons. The number of amides is 2. The van der Waals surface area contributed by atoms with E-state index in [-0.39, 0.29) is 34.5 Å². The standard InChI is InChI=1S/C28H32Cl2FN3O3/c1-27(2,3)25-28(18-12-7-14(29)13-20(18)33-26(28)37)21(17-5-4-6-19(30)22(17)31)23(34-25)24(36)32-15-8-10-16(35)11-9-15/h4-7,12-13,15-16,21,23,25,34-35H,8-11H2,1-3H3,(H,32,36)(H,33,37)/t15?,16?,21-,23+,25-,28-/m0/s1. The van der Waals surface area contributed by atoms with E-state index in [1.807, 2.05) is 20.8 Å². The number of nitrogens with one attached hydrogen (secondary N) is 3. The molecule has 2 aromatic rings. The Labute approximate surface area is 226 Å². The van der Waals surface area contributed by atoms with Gasteiger partial charge in [0.25, 0.3) is 0 Å². The van der Waals surface area contributed by atoms with Crippen LogP contribution in [0.2, 0.25) is 10.0 Å². The summed E-state index contributed by atoms with van der Waals surface area (Å²) in [6.45, 7) is 6.01. The largest absolute Gasteiger partial charge is 0.393 e. The number of carbonyl (C=O) groups is 2. The molecule has 0 unspecified atom stereocenters. The van der Waals surface area contributed by atoms with Crippen LogP contribution < -0.4 is 16.0 Å². The highest BCUT2D eigenvalue weighted by molar-refractivity contribution is 6.31. The quantitative estimate of drug-likeness (QED) is 0.439. The van der Waals surface area contributed by atoms with Crippen molar-refractivity contribution in [2.24, 2.45) is 5.41 Å². The molecule has 2 aromatic carbocycles. The highest BCUT2D eigenvalue weighted by Crippen LogP contribution is 2.58. The second-order valence-electron chi connectivity index (χ2n) is 11.6. The van der Waals surface area contributed by atoms with Crippen molar-refractivity contribution in [3.05, 3.63) is 63.4 Å². The molecule has 5 rings (SSSR count). The summed E-state index contributed by atoms with van der Waals surface area (Å²) in [4.78, 5) is 28.0. The minimum atomic E-state index is -1.30. The molecule has 198 valence electrons. The van der Waals surface area contributed by atoms with Crippen LogP contribution in [-0.2, 0) is 15.0 Å². The lowest BCUT2D eigenvalue weighted by Crippen LogP contribution is -2.54. The normalized spacial score (nSPS) is 31.3. The van der Waals surface area contributed by atoms with Gasteiger partial charge in [-0.2, -0.15) is 0 Å². The predicted octanol–water partition coefficient (Wildman–Crippen LogP) is 4.91. The Balaban J connectivity index is 1.69. The number of halogens is 3. The van der Waals surface area contributed by atoms with Gasteiger partial charge in [-0.15, -0.1) is 0 Å². The second kappa shape index (κ2) is 9.53. The maximum atomic E-state index is 15.7. The molecule has 1 aliphatic carbocycles. The van der Waals surface area contributed by atoms with Crippen LogP contribution in [0.5, 0.6) is 0 Å². The van der Waals surface area contributed by atoms with E-state index < -0.39 is 34.6 Å². The number of fused-ring (bicyclic) bond motifs is 2. The molecule has 2 heterocycles. The van der Waals surface area contributed by atoms with Crippen molar-refractivity contribution < 1.29 is 19.1 Å². The molecular formula is C28H32Cl2FN3O3. The van der Waals surface area contributed by atoms with E-state index in [0.717, 1.165) is 0 Å². The summed E-state index contributed by atoms with van der Waals surface area (Å²) in [6, 6.07) is 8.39. The third-order valence-corrected chi connectivity index (χ3v) is 8.71. The van der Waals surface area contributed by atoms with Crippen LogP contribution in [-0.4, -0.2) is 41.2 Å². The molecule has 0 bridgehead atoms. The fraction of sp³-hybridized carbons (Fsp3) is 0.500. The van der Waals surface area contributed by atoms with Crippen molar-refractivity contribution in [3.63, 3.8) is 0 Å². The Morgan fingerprint density at radius 2 is 1.84 bits per heavy atom. The summed E-state index contributed by atoms with van der Waals surface area (Å²) in [5.41, 5.74) is -0.341. The van der Waals surface area contributed by atoms with Crippen LogP contribution >= 0.6 is 23.2 Å². The summed E-state index contributed by atoms with van der Waals surface area (Å²) in [7, 11) is 0. The predicted molar refractivity (Wildman–Crippen MR) is 142 cm³/mol. The van der Waals surface area contributed by atoms with Crippen LogP contribution in [0, 0.1) is 11.2 Å². The van der Waals surface area contributed by atoms with Gasteiger partial charge < -0.3 is 21.1 Å². The van der Waals surface area contributed by atoms with Gasteiger partial charge in [0.15, 0.2) is 0 Å². The van der Waals surface area contributed by atoms with E-state index in [1.54, 1.807) is 30.3 Å². The van der Waals surface area contributed by atoms with Gasteiger partial charge >= 0.3 is 0 Å². The number of hydrogen-bond donors (Lipinski definition) is 4. The first-order valence-electron chi connectivity index (χ1n) is 12.7. The fourth-order valence-corrected chi connectivity index (χ4v) is 6.98. The Kier molecular flexibility index (Phi) is 6.80. The van der Waals surface area contributed by atoms with Crippen molar-refractivity contribution in [1.82, 2.24) is 10.6 Å². The fourth-order valence-electron chi connectivity index (χ4n) is 6.63. The zero-order valence-corrected chi connectivity index (χ0v) is 22.6. The lowest BCUT2D eigenvalue weighted by atomic mass is 9.60. The molecular weight excluding hydrogens is 516 g/mol. The van der Waals surface area contributed by atoms with Crippen molar-refractivity contribution in [2.75, 3.05) is 5.32 Å². The summed E-state index contributed by atoms with van der Waals surface area (Å²) < 4.78 is 15.7. The monoisotopic (exact) mass is 547 g/mol. The number of hydrogen-bond acceptors (Lipinski definition) is 4. The summed E-state index contributed by atoms with van der Waals surface area (Å²) in [6.07, 6.45) is 2.18. The molecule has 2 amide bonds. The van der Waals surface area contributed by atoms with E-state index in [2.05, 4.69) is 16.0 Å². The molecule has 6 nitrogen and oxygen atoms in total. The van der Waals surface area contributed by atoms with Gasteiger partial charge in [0.05, 0.1) is 17.2 Å². The molecule has 4 atom stereocenters. The summed E-state index contributed by atoms with van der Waals surface area (Å²) in [5.74, 6) is -2.13. The number of aliphatic hydroxyl groups is 1. The zero-order valence-electron chi connectivity index (χ0n) is 21.1. The third-order valence-electron chi connectivity index (χ3n) is 8.18. The van der Waals surface area contributed by atoms with Crippen molar-refractivity contribution >= 4 is 40.7 Å². The van der Waals surface area contributed by atoms with E-state index in [4.69, 9.17) is 23.2 Å². The van der Waals surface area contributed by atoms with Gasteiger partial charge in [-0.25, -0.2) is 4.39 Å². The van der Waals surface area contributed by atoms with E-state index in [1.165, 1.54) is 6.07 Å². The van der Waals surface area contributed by atoms with Crippen LogP contribution in [0.3, 0.4) is 0 Å². The van der Waals surface area contributed by atoms with Gasteiger partial charge in [0.2, 0.25) is 11.8 Å². The van der Waals surface area contributed by atoms with Crippen molar-refractivity contribution in [2.45, 2.75) is 82.0 Å².